The number of benzene rings is 2. The van der Waals surface area contributed by atoms with Gasteiger partial charge in [0.15, 0.2) is 0 Å². The van der Waals surface area contributed by atoms with Crippen molar-refractivity contribution in [1.29, 1.82) is 0 Å². The Kier molecular flexibility index (Phi) is 6.73. The molecule has 9 nitrogen and oxygen atoms in total. The molecule has 2 fully saturated rings. The van der Waals surface area contributed by atoms with Gasteiger partial charge >= 0.3 is 0 Å². The number of para-hydroxylation sites is 1. The van der Waals surface area contributed by atoms with Crippen LogP contribution in [0.5, 0.6) is 11.5 Å². The predicted molar refractivity (Wildman–Crippen MR) is 154 cm³/mol. The molecule has 1 saturated heterocycles. The summed E-state index contributed by atoms with van der Waals surface area (Å²) in [5.74, 6) is 0.630. The third kappa shape index (κ3) is 5.03. The molecule has 1 aliphatic carbocycles. The Labute approximate surface area is 238 Å². The molecule has 2 aliphatic rings. The Hall–Kier alpha value is -4.66. The zero-order valence-electron chi connectivity index (χ0n) is 23.3. The molecule has 1 aliphatic heterocycles. The third-order valence-corrected chi connectivity index (χ3v) is 8.68. The molecule has 1 saturated carbocycles. The minimum Gasteiger partial charge on any atom is -0.457 e. The van der Waals surface area contributed by atoms with Crippen molar-refractivity contribution in [1.82, 2.24) is 25.5 Å². The third-order valence-electron chi connectivity index (χ3n) is 8.68. The number of rotatable bonds is 8. The van der Waals surface area contributed by atoms with Crippen molar-refractivity contribution >= 4 is 28.6 Å². The minimum absolute atomic E-state index is 0.0280. The lowest BCUT2D eigenvalue weighted by molar-refractivity contribution is -0.139. The van der Waals surface area contributed by atoms with Crippen LogP contribution in [-0.2, 0) is 9.59 Å². The zero-order valence-corrected chi connectivity index (χ0v) is 23.3. The van der Waals surface area contributed by atoms with Crippen LogP contribution in [0.4, 0.5) is 0 Å². The highest BCUT2D eigenvalue weighted by Gasteiger charge is 2.69. The number of pyridine rings is 1. The van der Waals surface area contributed by atoms with E-state index in [4.69, 9.17) is 4.74 Å². The molecule has 2 aromatic heterocycles. The lowest BCUT2D eigenvalue weighted by Crippen LogP contribution is -2.51. The van der Waals surface area contributed by atoms with Gasteiger partial charge in [0.2, 0.25) is 11.8 Å². The summed E-state index contributed by atoms with van der Waals surface area (Å²) in [7, 11) is 0. The number of aromatic nitrogens is 2. The zero-order chi connectivity index (χ0) is 28.7. The first-order valence-electron chi connectivity index (χ1n) is 13.9. The van der Waals surface area contributed by atoms with E-state index in [1.807, 2.05) is 49.4 Å². The number of likely N-dealkylation sites (tertiary alicyclic amines) is 1. The molecule has 9 heteroatoms. The summed E-state index contributed by atoms with van der Waals surface area (Å²) < 4.78 is 5.83. The first-order valence-corrected chi connectivity index (χ1v) is 13.9. The number of carbonyl (C=O) groups excluding carboxylic acids is 3. The SMILES string of the molecule is C[C@@H]1C2N(C(=O)CNC(=O)c3cccc(Oc4ccccc4)c3)[C@H](C(=O)N[C@H](C)c3cc4cnccc4[nH]3)C[C@@]21C. The number of aromatic amines is 1. The van der Waals surface area contributed by atoms with Gasteiger partial charge in [0.25, 0.3) is 5.91 Å². The molecule has 4 aromatic rings. The standard InChI is InChI=1S/C32H33N5O4/c1-19-29-32(19,3)16-27(31(40)35-20(2)26-15-22-17-33-13-12-25(22)36-26)37(29)28(38)18-34-30(39)21-8-7-11-24(14-21)41-23-9-5-4-6-10-23/h4-15,17,19-20,27,29,36H,16,18H2,1-3H3,(H,34,39)(H,35,40)/t19-,20-,27+,29?,32-/m1/s1. The van der Waals surface area contributed by atoms with E-state index in [0.29, 0.717) is 23.5 Å². The fourth-order valence-electron chi connectivity index (χ4n) is 6.18. The van der Waals surface area contributed by atoms with Gasteiger partial charge in [-0.15, -0.1) is 0 Å². The van der Waals surface area contributed by atoms with Gasteiger partial charge in [-0.2, -0.15) is 0 Å². The average Bonchev–Trinajstić information content (AvgIpc) is 3.30. The molecule has 210 valence electrons. The van der Waals surface area contributed by atoms with Crippen LogP contribution in [0.25, 0.3) is 10.9 Å². The van der Waals surface area contributed by atoms with Crippen molar-refractivity contribution in [3.05, 3.63) is 90.4 Å². The van der Waals surface area contributed by atoms with Gasteiger partial charge in [0.05, 0.1) is 12.6 Å². The van der Waals surface area contributed by atoms with Crippen molar-refractivity contribution in [3.8, 4) is 11.5 Å². The van der Waals surface area contributed by atoms with Crippen LogP contribution in [-0.4, -0.2) is 51.2 Å². The number of piperidine rings is 1. The lowest BCUT2D eigenvalue weighted by Gasteiger charge is -2.29. The molecule has 2 aromatic carbocycles. The predicted octanol–water partition coefficient (Wildman–Crippen LogP) is 4.59. The molecular weight excluding hydrogens is 518 g/mol. The maximum absolute atomic E-state index is 13.5. The summed E-state index contributed by atoms with van der Waals surface area (Å²) >= 11 is 0. The van der Waals surface area contributed by atoms with Gasteiger partial charge < -0.3 is 25.3 Å². The molecule has 41 heavy (non-hydrogen) atoms. The Morgan fingerprint density at radius 1 is 1.10 bits per heavy atom. The maximum atomic E-state index is 13.5. The Balaban J connectivity index is 1.11. The second kappa shape index (κ2) is 10.4. The Bertz CT molecular complexity index is 1590. The first kappa shape index (κ1) is 26.6. The summed E-state index contributed by atoms with van der Waals surface area (Å²) in [6, 6.07) is 19.1. The van der Waals surface area contributed by atoms with Crippen molar-refractivity contribution in [3.63, 3.8) is 0 Å². The second-order valence-electron chi connectivity index (χ2n) is 11.3. The van der Waals surface area contributed by atoms with Crippen LogP contribution in [0.1, 0.15) is 49.3 Å². The van der Waals surface area contributed by atoms with Crippen LogP contribution in [0.3, 0.4) is 0 Å². The van der Waals surface area contributed by atoms with Gasteiger partial charge in [-0.05, 0) is 67.1 Å². The summed E-state index contributed by atoms with van der Waals surface area (Å²) in [6.45, 7) is 5.95. The van der Waals surface area contributed by atoms with Gasteiger partial charge in [-0.1, -0.05) is 38.1 Å². The molecular formula is C32H33N5O4. The largest absolute Gasteiger partial charge is 0.457 e. The van der Waals surface area contributed by atoms with Gasteiger partial charge in [0, 0.05) is 40.6 Å². The van der Waals surface area contributed by atoms with Crippen molar-refractivity contribution in [2.75, 3.05) is 6.54 Å². The van der Waals surface area contributed by atoms with E-state index < -0.39 is 6.04 Å². The number of nitrogens with one attached hydrogen (secondary N) is 3. The number of H-pyrrole nitrogens is 1. The fraction of sp³-hybridized carbons (Fsp3) is 0.312. The van der Waals surface area contributed by atoms with E-state index in [1.54, 1.807) is 41.6 Å². The van der Waals surface area contributed by atoms with E-state index in [1.165, 1.54) is 0 Å². The smallest absolute Gasteiger partial charge is 0.251 e. The highest BCUT2D eigenvalue weighted by molar-refractivity contribution is 5.98. The number of carbonyl (C=O) groups is 3. The average molecular weight is 552 g/mol. The highest BCUT2D eigenvalue weighted by Crippen LogP contribution is 2.63. The molecule has 3 amide bonds. The summed E-state index contributed by atoms with van der Waals surface area (Å²) in [6.07, 6.45) is 4.08. The van der Waals surface area contributed by atoms with Crippen LogP contribution in [0.2, 0.25) is 0 Å². The quantitative estimate of drug-likeness (QED) is 0.296. The monoisotopic (exact) mass is 551 g/mol. The second-order valence-corrected chi connectivity index (χ2v) is 11.3. The molecule has 1 unspecified atom stereocenters. The van der Waals surface area contributed by atoms with Gasteiger partial charge in [-0.3, -0.25) is 19.4 Å². The van der Waals surface area contributed by atoms with E-state index in [9.17, 15) is 14.4 Å². The molecule has 5 atom stereocenters. The van der Waals surface area contributed by atoms with Crippen molar-refractivity contribution < 1.29 is 19.1 Å². The van der Waals surface area contributed by atoms with Gasteiger partial charge in [-0.25, -0.2) is 0 Å². The van der Waals surface area contributed by atoms with E-state index in [-0.39, 0.29) is 47.7 Å². The molecule has 0 spiro atoms. The molecule has 3 heterocycles. The normalized spacial score (nSPS) is 23.5. The number of ether oxygens (including phenoxy) is 1. The molecule has 6 rings (SSSR count). The summed E-state index contributed by atoms with van der Waals surface area (Å²) in [4.78, 5) is 49.1. The number of hydrogen-bond acceptors (Lipinski definition) is 5. The topological polar surface area (TPSA) is 116 Å². The number of amides is 3. The van der Waals surface area contributed by atoms with Crippen LogP contribution in [0, 0.1) is 11.3 Å². The van der Waals surface area contributed by atoms with E-state index in [2.05, 4.69) is 34.4 Å². The van der Waals surface area contributed by atoms with E-state index >= 15 is 0 Å². The maximum Gasteiger partial charge on any atom is 0.251 e. The molecule has 3 N–H and O–H groups in total. The Morgan fingerprint density at radius 2 is 1.88 bits per heavy atom. The molecule has 0 radical (unpaired) electrons. The number of nitrogens with zero attached hydrogens (tertiary/aromatic N) is 2. The van der Waals surface area contributed by atoms with Crippen LogP contribution >= 0.6 is 0 Å². The molecule has 0 bridgehead atoms. The minimum atomic E-state index is -0.596. The summed E-state index contributed by atoms with van der Waals surface area (Å²) in [5.41, 5.74) is 2.09. The number of hydrogen-bond donors (Lipinski definition) is 3. The van der Waals surface area contributed by atoms with Crippen LogP contribution < -0.4 is 15.4 Å². The Morgan fingerprint density at radius 3 is 2.66 bits per heavy atom. The summed E-state index contributed by atoms with van der Waals surface area (Å²) in [5, 5.41) is 6.80. The van der Waals surface area contributed by atoms with Crippen LogP contribution in [0.15, 0.2) is 79.1 Å². The number of fused-ring (bicyclic) bond motifs is 2. The lowest BCUT2D eigenvalue weighted by atomic mass is 9.98. The first-order chi connectivity index (χ1) is 19.7. The highest BCUT2D eigenvalue weighted by atomic mass is 16.5. The fourth-order valence-corrected chi connectivity index (χ4v) is 6.18. The van der Waals surface area contributed by atoms with Crippen molar-refractivity contribution in [2.45, 2.75) is 45.3 Å². The van der Waals surface area contributed by atoms with E-state index in [0.717, 1.165) is 16.6 Å². The van der Waals surface area contributed by atoms with Crippen molar-refractivity contribution in [2.24, 2.45) is 11.3 Å². The van der Waals surface area contributed by atoms with Gasteiger partial charge in [0.1, 0.15) is 17.5 Å².